The summed E-state index contributed by atoms with van der Waals surface area (Å²) in [6, 6.07) is 10.6. The molecule has 1 aliphatic heterocycles. The van der Waals surface area contributed by atoms with Gasteiger partial charge in [0.15, 0.2) is 5.43 Å². The minimum absolute atomic E-state index is 0.104. The number of carbonyl (C=O) groups is 1. The third kappa shape index (κ3) is 2.89. The van der Waals surface area contributed by atoms with Crippen LogP contribution < -0.4 is 15.5 Å². The van der Waals surface area contributed by atoms with Gasteiger partial charge < -0.3 is 14.5 Å². The molecule has 5 nitrogen and oxygen atoms in total. The first kappa shape index (κ1) is 17.3. The number of nitrogens with one attached hydrogen (secondary N) is 1. The topological polar surface area (TPSA) is 68.5 Å². The molecule has 0 bridgehead atoms. The average Bonchev–Trinajstić information content (AvgIpc) is 2.99. The van der Waals surface area contributed by atoms with E-state index in [1.165, 1.54) is 0 Å². The molecule has 1 aliphatic rings. The van der Waals surface area contributed by atoms with Crippen molar-refractivity contribution in [3.63, 3.8) is 0 Å². The van der Waals surface area contributed by atoms with E-state index in [4.69, 9.17) is 9.15 Å². The second-order valence-corrected chi connectivity index (χ2v) is 6.93. The molecular weight excluding hydrogens is 342 g/mol. The molecule has 3 aromatic rings. The van der Waals surface area contributed by atoms with Crippen molar-refractivity contribution in [3.8, 4) is 5.75 Å². The van der Waals surface area contributed by atoms with Crippen molar-refractivity contribution >= 4 is 16.9 Å². The highest BCUT2D eigenvalue weighted by atomic mass is 16.5. The fourth-order valence-electron chi connectivity index (χ4n) is 3.39. The van der Waals surface area contributed by atoms with Crippen LogP contribution in [0, 0.1) is 13.8 Å². The van der Waals surface area contributed by atoms with Crippen LogP contribution in [0.25, 0.3) is 11.0 Å². The SMILES string of the molecule is CCCOc1ccc(C2NC(=O)c3oc4cc(C)c(C)cc4c(=O)c32)cc1. The van der Waals surface area contributed by atoms with Gasteiger partial charge in [0, 0.05) is 0 Å². The molecule has 2 aromatic carbocycles. The smallest absolute Gasteiger partial charge is 0.288 e. The van der Waals surface area contributed by atoms with Crippen LogP contribution in [0.3, 0.4) is 0 Å². The fraction of sp³-hybridized carbons (Fsp3) is 0.273. The van der Waals surface area contributed by atoms with Crippen LogP contribution in [-0.2, 0) is 0 Å². The molecule has 138 valence electrons. The minimum Gasteiger partial charge on any atom is -0.494 e. The number of hydrogen-bond acceptors (Lipinski definition) is 4. The van der Waals surface area contributed by atoms with Gasteiger partial charge >= 0.3 is 0 Å². The first-order valence-corrected chi connectivity index (χ1v) is 9.11. The van der Waals surface area contributed by atoms with E-state index < -0.39 is 6.04 Å². The lowest BCUT2D eigenvalue weighted by Crippen LogP contribution is -2.21. The van der Waals surface area contributed by atoms with E-state index >= 15 is 0 Å². The zero-order valence-electron chi connectivity index (χ0n) is 15.6. The molecule has 1 unspecified atom stereocenters. The van der Waals surface area contributed by atoms with Crippen molar-refractivity contribution in [3.05, 3.63) is 74.6 Å². The number of carbonyl (C=O) groups excluding carboxylic acids is 1. The zero-order chi connectivity index (χ0) is 19.1. The molecule has 1 atom stereocenters. The minimum atomic E-state index is -0.519. The Morgan fingerprint density at radius 3 is 2.48 bits per heavy atom. The average molecular weight is 363 g/mol. The molecule has 0 aliphatic carbocycles. The van der Waals surface area contributed by atoms with Crippen molar-refractivity contribution in [2.45, 2.75) is 33.2 Å². The Balaban J connectivity index is 1.82. The summed E-state index contributed by atoms with van der Waals surface area (Å²) < 4.78 is 11.4. The molecule has 0 fully saturated rings. The maximum atomic E-state index is 13.1. The third-order valence-electron chi connectivity index (χ3n) is 5.00. The Morgan fingerprint density at radius 1 is 1.07 bits per heavy atom. The summed E-state index contributed by atoms with van der Waals surface area (Å²) >= 11 is 0. The van der Waals surface area contributed by atoms with E-state index in [0.29, 0.717) is 23.1 Å². The van der Waals surface area contributed by atoms with Crippen molar-refractivity contribution in [1.82, 2.24) is 5.32 Å². The molecule has 0 spiro atoms. The maximum Gasteiger partial charge on any atom is 0.288 e. The van der Waals surface area contributed by atoms with E-state index in [9.17, 15) is 9.59 Å². The standard InChI is InChI=1S/C22H21NO4/c1-4-9-26-15-7-5-14(6-8-15)19-18-20(24)16-10-12(2)13(3)11-17(16)27-21(18)22(25)23-19/h5-8,10-11,19H,4,9H2,1-3H3,(H,23,25). The highest BCUT2D eigenvalue weighted by Gasteiger charge is 2.35. The molecule has 0 saturated carbocycles. The number of hydrogen-bond donors (Lipinski definition) is 1. The molecule has 1 amide bonds. The van der Waals surface area contributed by atoms with Gasteiger partial charge in [0.2, 0.25) is 5.76 Å². The Morgan fingerprint density at radius 2 is 1.78 bits per heavy atom. The van der Waals surface area contributed by atoms with Crippen LogP contribution in [0.4, 0.5) is 0 Å². The lowest BCUT2D eigenvalue weighted by molar-refractivity contribution is 0.0938. The Kier molecular flexibility index (Phi) is 4.22. The molecule has 0 saturated heterocycles. The van der Waals surface area contributed by atoms with Crippen molar-refractivity contribution < 1.29 is 13.9 Å². The van der Waals surface area contributed by atoms with Gasteiger partial charge in [0.05, 0.1) is 23.6 Å². The van der Waals surface area contributed by atoms with E-state index in [1.807, 2.05) is 57.2 Å². The summed E-state index contributed by atoms with van der Waals surface area (Å²) in [6.07, 6.45) is 0.931. The molecule has 5 heteroatoms. The van der Waals surface area contributed by atoms with Gasteiger partial charge in [-0.1, -0.05) is 19.1 Å². The number of amides is 1. The molecule has 2 heterocycles. The Labute approximate surface area is 157 Å². The van der Waals surface area contributed by atoms with Gasteiger partial charge in [-0.3, -0.25) is 9.59 Å². The molecule has 4 rings (SSSR count). The lowest BCUT2D eigenvalue weighted by atomic mass is 9.98. The third-order valence-corrected chi connectivity index (χ3v) is 5.00. The number of aryl methyl sites for hydroxylation is 2. The molecule has 1 aromatic heterocycles. The fourth-order valence-corrected chi connectivity index (χ4v) is 3.39. The van der Waals surface area contributed by atoms with E-state index in [0.717, 1.165) is 28.9 Å². The van der Waals surface area contributed by atoms with Gasteiger partial charge in [0.1, 0.15) is 11.3 Å². The molecule has 0 radical (unpaired) electrons. The molecule has 27 heavy (non-hydrogen) atoms. The summed E-state index contributed by atoms with van der Waals surface area (Å²) in [5.74, 6) is 0.507. The highest BCUT2D eigenvalue weighted by molar-refractivity contribution is 5.99. The van der Waals surface area contributed by atoms with Crippen LogP contribution in [0.1, 0.15) is 52.2 Å². The summed E-state index contributed by atoms with van der Waals surface area (Å²) in [7, 11) is 0. The number of fused-ring (bicyclic) bond motifs is 2. The van der Waals surface area contributed by atoms with Crippen molar-refractivity contribution in [2.24, 2.45) is 0 Å². The zero-order valence-corrected chi connectivity index (χ0v) is 15.6. The first-order chi connectivity index (χ1) is 13.0. The lowest BCUT2D eigenvalue weighted by Gasteiger charge is -2.13. The number of ether oxygens (including phenoxy) is 1. The highest BCUT2D eigenvalue weighted by Crippen LogP contribution is 2.32. The number of benzene rings is 2. The van der Waals surface area contributed by atoms with Gasteiger partial charge in [-0.15, -0.1) is 0 Å². The summed E-state index contributed by atoms with van der Waals surface area (Å²) in [4.78, 5) is 25.6. The van der Waals surface area contributed by atoms with E-state index in [2.05, 4.69) is 5.32 Å². The second kappa shape index (κ2) is 6.58. The van der Waals surface area contributed by atoms with Gasteiger partial charge in [-0.2, -0.15) is 0 Å². The molecule has 1 N–H and O–H groups in total. The van der Waals surface area contributed by atoms with Crippen LogP contribution in [0.5, 0.6) is 5.75 Å². The summed E-state index contributed by atoms with van der Waals surface area (Å²) in [5.41, 5.74) is 3.51. The van der Waals surface area contributed by atoms with Crippen LogP contribution >= 0.6 is 0 Å². The molecular formula is C22H21NO4. The predicted octanol–water partition coefficient (Wildman–Crippen LogP) is 4.03. The normalized spacial score (nSPS) is 15.7. The first-order valence-electron chi connectivity index (χ1n) is 9.11. The Hall–Kier alpha value is -3.08. The van der Waals surface area contributed by atoms with Crippen molar-refractivity contribution in [2.75, 3.05) is 6.61 Å². The Bertz CT molecular complexity index is 1100. The van der Waals surface area contributed by atoms with E-state index in [1.54, 1.807) is 0 Å². The van der Waals surface area contributed by atoms with Gasteiger partial charge in [-0.25, -0.2) is 0 Å². The van der Waals surface area contributed by atoms with Crippen LogP contribution in [-0.4, -0.2) is 12.5 Å². The maximum absolute atomic E-state index is 13.1. The van der Waals surface area contributed by atoms with E-state index in [-0.39, 0.29) is 17.1 Å². The van der Waals surface area contributed by atoms with Crippen LogP contribution in [0.2, 0.25) is 0 Å². The largest absolute Gasteiger partial charge is 0.494 e. The number of rotatable bonds is 4. The quantitative estimate of drug-likeness (QED) is 0.760. The van der Waals surface area contributed by atoms with Gasteiger partial charge in [-0.05, 0) is 61.2 Å². The predicted molar refractivity (Wildman–Crippen MR) is 103 cm³/mol. The second-order valence-electron chi connectivity index (χ2n) is 6.93. The monoisotopic (exact) mass is 363 g/mol. The summed E-state index contributed by atoms with van der Waals surface area (Å²) in [6.45, 7) is 6.60. The van der Waals surface area contributed by atoms with Crippen LogP contribution in [0.15, 0.2) is 45.6 Å². The summed E-state index contributed by atoms with van der Waals surface area (Å²) in [5, 5.41) is 3.37. The van der Waals surface area contributed by atoms with Crippen molar-refractivity contribution in [1.29, 1.82) is 0 Å². The van der Waals surface area contributed by atoms with Gasteiger partial charge in [0.25, 0.3) is 5.91 Å².